The number of piperazine rings is 1. The summed E-state index contributed by atoms with van der Waals surface area (Å²) in [5.41, 5.74) is 4.34. The highest BCUT2D eigenvalue weighted by atomic mass is 16.6. The van der Waals surface area contributed by atoms with Crippen molar-refractivity contribution in [3.05, 3.63) is 83.9 Å². The zero-order valence-corrected chi connectivity index (χ0v) is 32.2. The number of rotatable bonds is 12. The first-order chi connectivity index (χ1) is 26.4. The number of carbonyl (C=O) groups excluding carboxylic acids is 4. The first-order valence-electron chi connectivity index (χ1n) is 19.2. The maximum absolute atomic E-state index is 14.0. The molecule has 1 aromatic heterocycles. The van der Waals surface area contributed by atoms with Crippen molar-refractivity contribution in [2.45, 2.75) is 64.9 Å². The van der Waals surface area contributed by atoms with Crippen LogP contribution in [0.25, 0.3) is 22.5 Å². The van der Waals surface area contributed by atoms with E-state index in [0.29, 0.717) is 42.9 Å². The highest BCUT2D eigenvalue weighted by molar-refractivity contribution is 5.96. The minimum Gasteiger partial charge on any atom is -0.444 e. The van der Waals surface area contributed by atoms with Gasteiger partial charge >= 0.3 is 6.09 Å². The van der Waals surface area contributed by atoms with E-state index in [2.05, 4.69) is 49.3 Å². The second-order valence-electron chi connectivity index (χ2n) is 15.8. The number of Topliss-reactive ketones (excluding diaryl/α,β-unsaturated/α-hetero) is 1. The largest absolute Gasteiger partial charge is 0.444 e. The normalized spacial score (nSPS) is 18.3. The Kier molecular flexibility index (Phi) is 12.7. The lowest BCUT2D eigenvalue weighted by molar-refractivity contribution is -0.129. The maximum atomic E-state index is 14.0. The quantitative estimate of drug-likeness (QED) is 0.158. The monoisotopic (exact) mass is 748 g/mol. The molecule has 3 aromatic carbocycles. The summed E-state index contributed by atoms with van der Waals surface area (Å²) < 4.78 is 5.37. The van der Waals surface area contributed by atoms with Crippen LogP contribution in [0.2, 0.25) is 0 Å². The number of nitrogens with zero attached hydrogens (tertiary/aromatic N) is 5. The van der Waals surface area contributed by atoms with Crippen LogP contribution in [0.1, 0.15) is 68.8 Å². The highest BCUT2D eigenvalue weighted by Crippen LogP contribution is 2.32. The summed E-state index contributed by atoms with van der Waals surface area (Å²) in [4.78, 5) is 57.2. The predicted molar refractivity (Wildman–Crippen MR) is 210 cm³/mol. The molecule has 6 rings (SSSR count). The van der Waals surface area contributed by atoms with Crippen LogP contribution < -0.4 is 10.6 Å². The number of amides is 3. The molecule has 2 aliphatic rings. The number of hydrogen-bond donors (Lipinski definition) is 3. The number of hydrogen-bond acceptors (Lipinski definition) is 9. The number of ether oxygens (including phenoxy) is 1. The van der Waals surface area contributed by atoms with Crippen LogP contribution in [0.3, 0.4) is 0 Å². The van der Waals surface area contributed by atoms with E-state index >= 15 is 0 Å². The molecule has 0 radical (unpaired) electrons. The number of carbonyl (C=O) groups is 4. The third kappa shape index (κ3) is 11.1. The average Bonchev–Trinajstić information content (AvgIpc) is 3.72. The Balaban J connectivity index is 1.12. The van der Waals surface area contributed by atoms with Crippen molar-refractivity contribution < 1.29 is 23.9 Å². The summed E-state index contributed by atoms with van der Waals surface area (Å²) in [6, 6.07) is 22.9. The molecule has 1 aliphatic carbocycles. The number of H-pyrrole nitrogens is 1. The molecule has 13 heteroatoms. The fraction of sp³-hybridized carbons (Fsp3) is 0.452. The minimum atomic E-state index is -0.602. The minimum absolute atomic E-state index is 0.0438. The summed E-state index contributed by atoms with van der Waals surface area (Å²) in [5.74, 6) is -0.116. The summed E-state index contributed by atoms with van der Waals surface area (Å²) in [6.45, 7) is 9.18. The zero-order valence-electron chi connectivity index (χ0n) is 32.2. The second-order valence-corrected chi connectivity index (χ2v) is 15.8. The lowest BCUT2D eigenvalue weighted by Crippen LogP contribution is -2.47. The molecule has 3 amide bonds. The Morgan fingerprint density at radius 2 is 1.56 bits per heavy atom. The number of nitrogens with one attached hydrogen (secondary N) is 3. The standard InChI is InChI=1S/C42H52N8O5/c1-42(2,3)55-41(54)43-27-28-8-10-31(11-9-28)37(51)26-35(39(52)44-36-18-16-32(17-19-36)38-45-47-48-46-38)25-29-6-5-7-34(24-29)30-12-14-33(15-13-30)40(53)50-22-20-49(4)21-23-50/h5-7,12-19,24,28,31,35H,8-11,20-23,25-27H2,1-4H3,(H,43,54)(H,44,52)(H,45,46,47,48)/t28?,31?,35-/m1/s1. The molecule has 1 atom stereocenters. The summed E-state index contributed by atoms with van der Waals surface area (Å²) in [7, 11) is 2.07. The van der Waals surface area contributed by atoms with E-state index in [9.17, 15) is 19.2 Å². The Labute approximate surface area is 322 Å². The van der Waals surface area contributed by atoms with Gasteiger partial charge < -0.3 is 25.2 Å². The smallest absolute Gasteiger partial charge is 0.407 e. The predicted octanol–water partition coefficient (Wildman–Crippen LogP) is 6.01. The Morgan fingerprint density at radius 1 is 0.873 bits per heavy atom. The van der Waals surface area contributed by atoms with Crippen LogP contribution in [-0.4, -0.2) is 99.5 Å². The van der Waals surface area contributed by atoms with Crippen molar-refractivity contribution >= 4 is 29.4 Å². The van der Waals surface area contributed by atoms with Crippen molar-refractivity contribution in [2.75, 3.05) is 45.1 Å². The van der Waals surface area contributed by atoms with Crippen LogP contribution in [0, 0.1) is 17.8 Å². The lowest BCUT2D eigenvalue weighted by atomic mass is 9.77. The topological polar surface area (TPSA) is 163 Å². The Hall–Kier alpha value is -5.43. The maximum Gasteiger partial charge on any atom is 0.407 e. The number of anilines is 1. The summed E-state index contributed by atoms with van der Waals surface area (Å²) in [5, 5.41) is 20.0. The average molecular weight is 749 g/mol. The molecular weight excluding hydrogens is 697 g/mol. The number of alkyl carbamates (subject to hydrolysis) is 1. The Bertz CT molecular complexity index is 1910. The van der Waals surface area contributed by atoms with E-state index in [0.717, 1.165) is 61.3 Å². The number of likely N-dealkylation sites (N-methyl/N-ethyl adjacent to an activating group) is 1. The van der Waals surface area contributed by atoms with Crippen LogP contribution in [0.15, 0.2) is 72.8 Å². The van der Waals surface area contributed by atoms with Crippen molar-refractivity contribution in [1.82, 2.24) is 35.7 Å². The highest BCUT2D eigenvalue weighted by Gasteiger charge is 2.31. The number of tetrazole rings is 1. The number of aromatic amines is 1. The third-order valence-electron chi connectivity index (χ3n) is 10.5. The van der Waals surface area contributed by atoms with E-state index in [4.69, 9.17) is 4.74 Å². The van der Waals surface area contributed by atoms with Crippen LogP contribution in [0.5, 0.6) is 0 Å². The van der Waals surface area contributed by atoms with Gasteiger partial charge in [0.15, 0.2) is 0 Å². The molecule has 0 spiro atoms. The molecule has 2 fully saturated rings. The molecule has 0 unspecified atom stereocenters. The van der Waals surface area contributed by atoms with Gasteiger partial charge in [0.1, 0.15) is 11.4 Å². The summed E-state index contributed by atoms with van der Waals surface area (Å²) in [6.07, 6.45) is 3.13. The van der Waals surface area contributed by atoms with Crippen LogP contribution in [0.4, 0.5) is 10.5 Å². The lowest BCUT2D eigenvalue weighted by Gasteiger charge is -2.32. The molecule has 13 nitrogen and oxygen atoms in total. The third-order valence-corrected chi connectivity index (χ3v) is 10.5. The summed E-state index contributed by atoms with van der Waals surface area (Å²) >= 11 is 0. The van der Waals surface area contributed by atoms with Gasteiger partial charge in [0.25, 0.3) is 5.91 Å². The van der Waals surface area contributed by atoms with Gasteiger partial charge in [0, 0.05) is 67.8 Å². The SMILES string of the molecule is CN1CCN(C(=O)c2ccc(-c3cccc(C[C@H](CC(=O)C4CCC(CNC(=O)OC(C)(C)C)CC4)C(=O)Nc4ccc(-c5nn[nH]n5)cc4)c3)cc2)CC1. The van der Waals surface area contributed by atoms with Gasteiger partial charge in [-0.25, -0.2) is 4.79 Å². The number of aromatic nitrogens is 4. The molecule has 1 saturated heterocycles. The van der Waals surface area contributed by atoms with Crippen molar-refractivity contribution in [2.24, 2.45) is 17.8 Å². The van der Waals surface area contributed by atoms with Crippen LogP contribution in [-0.2, 0) is 20.7 Å². The van der Waals surface area contributed by atoms with Gasteiger partial charge in [-0.15, -0.1) is 10.2 Å². The number of benzene rings is 3. The van der Waals surface area contributed by atoms with Gasteiger partial charge in [0.2, 0.25) is 11.7 Å². The molecular formula is C42H52N8O5. The fourth-order valence-electron chi connectivity index (χ4n) is 7.29. The van der Waals surface area contributed by atoms with E-state index in [1.165, 1.54) is 0 Å². The first-order valence-corrected chi connectivity index (χ1v) is 19.2. The first kappa shape index (κ1) is 39.3. The Morgan fingerprint density at radius 3 is 2.22 bits per heavy atom. The molecule has 0 bridgehead atoms. The molecule has 1 aliphatic heterocycles. The van der Waals surface area contributed by atoms with Crippen molar-refractivity contribution in [1.29, 1.82) is 0 Å². The van der Waals surface area contributed by atoms with Gasteiger partial charge in [-0.05, 0) is 124 Å². The van der Waals surface area contributed by atoms with Gasteiger partial charge in [-0.1, -0.05) is 36.4 Å². The van der Waals surface area contributed by atoms with E-state index in [1.54, 1.807) is 12.1 Å². The molecule has 290 valence electrons. The van der Waals surface area contributed by atoms with Gasteiger partial charge in [-0.3, -0.25) is 14.4 Å². The van der Waals surface area contributed by atoms with Crippen molar-refractivity contribution in [3.8, 4) is 22.5 Å². The van der Waals surface area contributed by atoms with Gasteiger partial charge in [-0.2, -0.15) is 5.21 Å². The molecule has 2 heterocycles. The fourth-order valence-corrected chi connectivity index (χ4v) is 7.29. The number of ketones is 1. The van der Waals surface area contributed by atoms with E-state index < -0.39 is 17.6 Å². The molecule has 1 saturated carbocycles. The molecule has 3 N–H and O–H groups in total. The molecule has 4 aromatic rings. The van der Waals surface area contributed by atoms with E-state index in [1.807, 2.05) is 80.3 Å². The van der Waals surface area contributed by atoms with Crippen LogP contribution >= 0.6 is 0 Å². The van der Waals surface area contributed by atoms with Crippen molar-refractivity contribution in [3.63, 3.8) is 0 Å². The second kappa shape index (κ2) is 17.8. The van der Waals surface area contributed by atoms with Gasteiger partial charge in [0.05, 0.1) is 0 Å². The molecule has 55 heavy (non-hydrogen) atoms. The van der Waals surface area contributed by atoms with E-state index in [-0.39, 0.29) is 35.9 Å². The zero-order chi connectivity index (χ0) is 39.0.